The Kier molecular flexibility index (Phi) is 8.21. The Morgan fingerprint density at radius 3 is 2.38 bits per heavy atom. The molecule has 4 nitrogen and oxygen atoms in total. The lowest BCUT2D eigenvalue weighted by molar-refractivity contribution is -0.121. The molecule has 0 aliphatic heterocycles. The van der Waals surface area contributed by atoms with Crippen molar-refractivity contribution in [2.75, 3.05) is 13.1 Å². The van der Waals surface area contributed by atoms with E-state index < -0.39 is 6.10 Å². The van der Waals surface area contributed by atoms with E-state index in [0.29, 0.717) is 31.5 Å². The second kappa shape index (κ2) is 8.53. The van der Waals surface area contributed by atoms with Gasteiger partial charge in [0, 0.05) is 25.6 Å². The summed E-state index contributed by atoms with van der Waals surface area (Å²) in [6.07, 6.45) is 0.763. The maximum Gasteiger partial charge on any atom is 0.221 e. The molecule has 16 heavy (non-hydrogen) atoms. The highest BCUT2D eigenvalue weighted by atomic mass is 16.3. The molecular weight excluding hydrogens is 204 g/mol. The molecule has 0 spiro atoms. The number of carbonyl (C=O) groups is 1. The van der Waals surface area contributed by atoms with E-state index in [1.165, 1.54) is 0 Å². The predicted octanol–water partition coefficient (Wildman–Crippen LogP) is 0.898. The van der Waals surface area contributed by atoms with Crippen LogP contribution in [-0.2, 0) is 4.79 Å². The zero-order valence-electron chi connectivity index (χ0n) is 10.9. The van der Waals surface area contributed by atoms with E-state index in [2.05, 4.69) is 24.5 Å². The van der Waals surface area contributed by atoms with Crippen LogP contribution in [0.4, 0.5) is 0 Å². The second-order valence-corrected chi connectivity index (χ2v) is 4.95. The molecule has 96 valence electrons. The van der Waals surface area contributed by atoms with Crippen LogP contribution in [0.2, 0.25) is 0 Å². The molecule has 0 aliphatic rings. The van der Waals surface area contributed by atoms with Gasteiger partial charge in [-0.25, -0.2) is 0 Å². The Labute approximate surface area is 98.8 Å². The van der Waals surface area contributed by atoms with Crippen LogP contribution in [-0.4, -0.2) is 36.2 Å². The molecule has 0 radical (unpaired) electrons. The summed E-state index contributed by atoms with van der Waals surface area (Å²) in [4.78, 5) is 11.4. The number of hydrogen-bond acceptors (Lipinski definition) is 3. The molecule has 0 heterocycles. The van der Waals surface area contributed by atoms with E-state index in [9.17, 15) is 9.90 Å². The lowest BCUT2D eigenvalue weighted by Crippen LogP contribution is -2.35. The van der Waals surface area contributed by atoms with Gasteiger partial charge in [-0.2, -0.15) is 0 Å². The number of aliphatic hydroxyl groups excluding tert-OH is 1. The second-order valence-electron chi connectivity index (χ2n) is 4.95. The van der Waals surface area contributed by atoms with Gasteiger partial charge in [-0.3, -0.25) is 4.79 Å². The zero-order valence-corrected chi connectivity index (χ0v) is 10.9. The Hall–Kier alpha value is -0.610. The monoisotopic (exact) mass is 230 g/mol. The summed E-state index contributed by atoms with van der Waals surface area (Å²) in [6.45, 7) is 9.24. The average molecular weight is 230 g/mol. The van der Waals surface area contributed by atoms with Gasteiger partial charge in [-0.15, -0.1) is 0 Å². The van der Waals surface area contributed by atoms with Crippen LogP contribution in [0.15, 0.2) is 0 Å². The molecule has 0 aromatic heterocycles. The van der Waals surface area contributed by atoms with Crippen molar-refractivity contribution in [3.05, 3.63) is 0 Å². The van der Waals surface area contributed by atoms with Gasteiger partial charge < -0.3 is 15.7 Å². The Balaban J connectivity index is 3.49. The fraction of sp³-hybridized carbons (Fsp3) is 0.917. The van der Waals surface area contributed by atoms with E-state index in [-0.39, 0.29) is 5.91 Å². The van der Waals surface area contributed by atoms with Crippen molar-refractivity contribution in [2.24, 2.45) is 5.92 Å². The molecular formula is C12H26N2O2. The minimum atomic E-state index is -0.429. The van der Waals surface area contributed by atoms with E-state index >= 15 is 0 Å². The van der Waals surface area contributed by atoms with E-state index in [1.807, 2.05) is 13.8 Å². The van der Waals surface area contributed by atoms with E-state index in [0.717, 1.165) is 6.42 Å². The summed E-state index contributed by atoms with van der Waals surface area (Å²) >= 11 is 0. The van der Waals surface area contributed by atoms with Crippen LogP contribution >= 0.6 is 0 Å². The molecule has 0 fully saturated rings. The molecule has 1 amide bonds. The molecule has 0 saturated heterocycles. The van der Waals surface area contributed by atoms with Gasteiger partial charge in [0.1, 0.15) is 0 Å². The molecule has 0 aromatic rings. The van der Waals surface area contributed by atoms with Gasteiger partial charge in [0.2, 0.25) is 5.91 Å². The van der Waals surface area contributed by atoms with Gasteiger partial charge in [0.15, 0.2) is 0 Å². The third-order valence-corrected chi connectivity index (χ3v) is 2.18. The normalized spacial score (nSPS) is 13.2. The molecule has 0 aliphatic carbocycles. The van der Waals surface area contributed by atoms with Crippen LogP contribution in [0.3, 0.4) is 0 Å². The maximum absolute atomic E-state index is 11.4. The van der Waals surface area contributed by atoms with Crippen molar-refractivity contribution in [1.29, 1.82) is 0 Å². The summed E-state index contributed by atoms with van der Waals surface area (Å²) < 4.78 is 0. The quantitative estimate of drug-likeness (QED) is 0.580. The Morgan fingerprint density at radius 1 is 1.25 bits per heavy atom. The van der Waals surface area contributed by atoms with Crippen LogP contribution in [0.5, 0.6) is 0 Å². The van der Waals surface area contributed by atoms with Crippen molar-refractivity contribution in [3.8, 4) is 0 Å². The molecule has 3 N–H and O–H groups in total. The highest BCUT2D eigenvalue weighted by Crippen LogP contribution is 2.03. The molecule has 1 unspecified atom stereocenters. The standard InChI is InChI=1S/C12H26N2O2/c1-9(2)7-11(15)8-14-12(16)5-6-13-10(3)4/h9-11,13,15H,5-8H2,1-4H3,(H,14,16). The van der Waals surface area contributed by atoms with Crippen LogP contribution in [0.25, 0.3) is 0 Å². The number of carbonyl (C=O) groups excluding carboxylic acids is 1. The van der Waals surface area contributed by atoms with Crippen LogP contribution < -0.4 is 10.6 Å². The number of rotatable bonds is 8. The van der Waals surface area contributed by atoms with E-state index in [1.54, 1.807) is 0 Å². The van der Waals surface area contributed by atoms with Crippen molar-refractivity contribution in [3.63, 3.8) is 0 Å². The predicted molar refractivity (Wildman–Crippen MR) is 66.2 cm³/mol. The minimum absolute atomic E-state index is 0.00374. The minimum Gasteiger partial charge on any atom is -0.391 e. The summed E-state index contributed by atoms with van der Waals surface area (Å²) in [7, 11) is 0. The largest absolute Gasteiger partial charge is 0.391 e. The number of amides is 1. The first-order valence-electron chi connectivity index (χ1n) is 6.10. The van der Waals surface area contributed by atoms with Gasteiger partial charge >= 0.3 is 0 Å². The SMILES string of the molecule is CC(C)CC(O)CNC(=O)CCNC(C)C. The lowest BCUT2D eigenvalue weighted by Gasteiger charge is -2.14. The third kappa shape index (κ3) is 9.93. The number of nitrogens with one attached hydrogen (secondary N) is 2. The molecule has 0 saturated carbocycles. The van der Waals surface area contributed by atoms with Gasteiger partial charge in [0.05, 0.1) is 6.10 Å². The first-order valence-corrected chi connectivity index (χ1v) is 6.10. The third-order valence-electron chi connectivity index (χ3n) is 2.18. The van der Waals surface area contributed by atoms with Gasteiger partial charge in [0.25, 0.3) is 0 Å². The highest BCUT2D eigenvalue weighted by Gasteiger charge is 2.08. The lowest BCUT2D eigenvalue weighted by atomic mass is 10.1. The first-order chi connectivity index (χ1) is 7.41. The van der Waals surface area contributed by atoms with Crippen molar-refractivity contribution >= 4 is 5.91 Å². The maximum atomic E-state index is 11.4. The average Bonchev–Trinajstić information content (AvgIpc) is 2.13. The van der Waals surface area contributed by atoms with Crippen molar-refractivity contribution < 1.29 is 9.90 Å². The number of aliphatic hydroxyl groups is 1. The molecule has 0 aromatic carbocycles. The van der Waals surface area contributed by atoms with Gasteiger partial charge in [-0.1, -0.05) is 27.7 Å². The molecule has 0 rings (SSSR count). The first kappa shape index (κ1) is 15.4. The number of hydrogen-bond donors (Lipinski definition) is 3. The highest BCUT2D eigenvalue weighted by molar-refractivity contribution is 5.76. The molecule has 4 heteroatoms. The van der Waals surface area contributed by atoms with Crippen LogP contribution in [0, 0.1) is 5.92 Å². The van der Waals surface area contributed by atoms with Crippen molar-refractivity contribution in [2.45, 2.75) is 52.7 Å². The van der Waals surface area contributed by atoms with Crippen molar-refractivity contribution in [1.82, 2.24) is 10.6 Å². The topological polar surface area (TPSA) is 61.4 Å². The summed E-state index contributed by atoms with van der Waals surface area (Å²) in [5.41, 5.74) is 0. The van der Waals surface area contributed by atoms with Gasteiger partial charge in [-0.05, 0) is 12.3 Å². The smallest absolute Gasteiger partial charge is 0.221 e. The fourth-order valence-electron chi connectivity index (χ4n) is 1.42. The summed E-state index contributed by atoms with van der Waals surface area (Å²) in [5.74, 6) is 0.450. The molecule has 0 bridgehead atoms. The van der Waals surface area contributed by atoms with Crippen LogP contribution in [0.1, 0.15) is 40.5 Å². The molecule has 1 atom stereocenters. The fourth-order valence-corrected chi connectivity index (χ4v) is 1.42. The Bertz CT molecular complexity index is 193. The summed E-state index contributed by atoms with van der Waals surface area (Å²) in [5, 5.41) is 15.5. The summed E-state index contributed by atoms with van der Waals surface area (Å²) in [6, 6.07) is 0.402. The van der Waals surface area contributed by atoms with E-state index in [4.69, 9.17) is 0 Å². The Morgan fingerprint density at radius 2 is 1.88 bits per heavy atom. The zero-order chi connectivity index (χ0) is 12.6.